The molecule has 1 aromatic rings. The first-order valence-electron chi connectivity index (χ1n) is 14.1. The van der Waals surface area contributed by atoms with E-state index in [1.807, 2.05) is 13.8 Å². The highest BCUT2D eigenvalue weighted by Gasteiger charge is 2.42. The summed E-state index contributed by atoms with van der Waals surface area (Å²) in [5.41, 5.74) is 0.654. The summed E-state index contributed by atoms with van der Waals surface area (Å²) in [6.07, 6.45) is 2.58. The van der Waals surface area contributed by atoms with Crippen molar-refractivity contribution in [2.24, 2.45) is 5.92 Å². The Morgan fingerprint density at radius 1 is 0.857 bits per heavy atom. The number of carboxylic acid groups (broad SMARTS) is 2. The van der Waals surface area contributed by atoms with Gasteiger partial charge in [0.05, 0.1) is 0 Å². The first-order chi connectivity index (χ1) is 19.7. The number of aliphatic carboxylic acids is 2. The van der Waals surface area contributed by atoms with Crippen molar-refractivity contribution in [3.05, 3.63) is 29.8 Å². The van der Waals surface area contributed by atoms with E-state index in [1.54, 1.807) is 12.1 Å². The van der Waals surface area contributed by atoms with Crippen molar-refractivity contribution in [2.75, 3.05) is 13.1 Å². The van der Waals surface area contributed by atoms with Crippen LogP contribution >= 0.6 is 0 Å². The van der Waals surface area contributed by atoms with Crippen molar-refractivity contribution in [3.63, 3.8) is 0 Å². The summed E-state index contributed by atoms with van der Waals surface area (Å²) in [6, 6.07) is 2.56. The Morgan fingerprint density at radius 3 is 1.93 bits per heavy atom. The molecular formula is C29H42N4O9. The quantitative estimate of drug-likeness (QED) is 0.265. The van der Waals surface area contributed by atoms with Crippen molar-refractivity contribution >= 4 is 35.6 Å². The fourth-order valence-electron chi connectivity index (χ4n) is 5.20. The van der Waals surface area contributed by atoms with E-state index in [-0.39, 0.29) is 36.3 Å². The molecule has 2 aliphatic rings. The Bertz CT molecular complexity index is 1130. The van der Waals surface area contributed by atoms with Gasteiger partial charge in [0, 0.05) is 33.4 Å². The van der Waals surface area contributed by atoms with Crippen LogP contribution in [0, 0.1) is 5.92 Å². The smallest absolute Gasteiger partial charge is 0.326 e. The van der Waals surface area contributed by atoms with Gasteiger partial charge in [0.25, 0.3) is 5.97 Å². The van der Waals surface area contributed by atoms with Gasteiger partial charge in [-0.3, -0.25) is 24.0 Å². The number of hydrogen-bond acceptors (Lipinski definition) is 7. The summed E-state index contributed by atoms with van der Waals surface area (Å²) in [4.78, 5) is 75.7. The van der Waals surface area contributed by atoms with Gasteiger partial charge in [0.1, 0.15) is 29.9 Å². The first-order valence-corrected chi connectivity index (χ1v) is 14.1. The maximum Gasteiger partial charge on any atom is 0.326 e. The van der Waals surface area contributed by atoms with Crippen molar-refractivity contribution in [1.29, 1.82) is 0 Å². The van der Waals surface area contributed by atoms with Crippen molar-refractivity contribution in [1.82, 2.24) is 20.4 Å². The van der Waals surface area contributed by atoms with E-state index in [0.29, 0.717) is 37.9 Å². The maximum absolute atomic E-state index is 13.4. The molecule has 3 rings (SSSR count). The predicted octanol–water partition coefficient (Wildman–Crippen LogP) is 1.13. The van der Waals surface area contributed by atoms with Crippen LogP contribution in [0.5, 0.6) is 5.75 Å². The van der Waals surface area contributed by atoms with Crippen LogP contribution in [0.2, 0.25) is 0 Å². The summed E-state index contributed by atoms with van der Waals surface area (Å²) in [6.45, 7) is 7.09. The normalized spacial score (nSPS) is 19.4. The van der Waals surface area contributed by atoms with Gasteiger partial charge in [-0.15, -0.1) is 0 Å². The van der Waals surface area contributed by atoms with Crippen LogP contribution in [-0.2, 0) is 35.2 Å². The maximum atomic E-state index is 13.4. The predicted molar refractivity (Wildman–Crippen MR) is 151 cm³/mol. The van der Waals surface area contributed by atoms with Gasteiger partial charge in [-0.1, -0.05) is 26.0 Å². The molecule has 0 unspecified atom stereocenters. The zero-order chi connectivity index (χ0) is 31.6. The molecule has 2 saturated heterocycles. The molecule has 0 bridgehead atoms. The van der Waals surface area contributed by atoms with Gasteiger partial charge in [-0.05, 0) is 55.7 Å². The number of rotatable bonds is 10. The minimum Gasteiger partial charge on any atom is -0.508 e. The third-order valence-corrected chi connectivity index (χ3v) is 7.11. The molecule has 13 nitrogen and oxygen atoms in total. The lowest BCUT2D eigenvalue weighted by atomic mass is 10.0. The number of likely N-dealkylation sites (tertiary alicyclic amines) is 2. The molecule has 0 saturated carbocycles. The van der Waals surface area contributed by atoms with Crippen molar-refractivity contribution in [3.8, 4) is 5.75 Å². The van der Waals surface area contributed by atoms with Crippen molar-refractivity contribution in [2.45, 2.75) is 90.4 Å². The van der Waals surface area contributed by atoms with E-state index in [0.717, 1.165) is 13.3 Å². The minimum absolute atomic E-state index is 0.0183. The van der Waals surface area contributed by atoms with E-state index >= 15 is 0 Å². The minimum atomic E-state index is -1.17. The van der Waals surface area contributed by atoms with Gasteiger partial charge < -0.3 is 35.8 Å². The second-order valence-corrected chi connectivity index (χ2v) is 11.0. The third kappa shape index (κ3) is 10.0. The highest BCUT2D eigenvalue weighted by molar-refractivity contribution is 5.95. The molecule has 13 heteroatoms. The molecule has 232 valence electrons. The number of aromatic hydroxyl groups is 1. The zero-order valence-electron chi connectivity index (χ0n) is 24.5. The molecule has 4 atom stereocenters. The van der Waals surface area contributed by atoms with Crippen LogP contribution in [0.25, 0.3) is 0 Å². The number of carbonyl (C=O) groups is 6. The van der Waals surface area contributed by atoms with E-state index in [4.69, 9.17) is 9.90 Å². The number of phenolic OH excluding ortho intramolecular Hbond substituents is 1. The number of nitrogens with one attached hydrogen (secondary N) is 2. The average Bonchev–Trinajstić information content (AvgIpc) is 3.58. The molecule has 4 amide bonds. The topological polar surface area (TPSA) is 194 Å². The highest BCUT2D eigenvalue weighted by atomic mass is 16.4. The summed E-state index contributed by atoms with van der Waals surface area (Å²) >= 11 is 0. The van der Waals surface area contributed by atoms with E-state index in [2.05, 4.69) is 10.6 Å². The Balaban J connectivity index is 0.00000144. The Labute approximate surface area is 245 Å². The van der Waals surface area contributed by atoms with Gasteiger partial charge in [-0.2, -0.15) is 0 Å². The number of nitrogens with zero attached hydrogens (tertiary/aromatic N) is 2. The molecule has 5 N–H and O–H groups in total. The number of amides is 4. The molecule has 2 heterocycles. The number of benzene rings is 1. The van der Waals surface area contributed by atoms with E-state index in [1.165, 1.54) is 28.9 Å². The molecule has 2 fully saturated rings. The third-order valence-electron chi connectivity index (χ3n) is 7.11. The monoisotopic (exact) mass is 590 g/mol. The van der Waals surface area contributed by atoms with Crippen LogP contribution in [0.15, 0.2) is 24.3 Å². The second kappa shape index (κ2) is 15.7. The van der Waals surface area contributed by atoms with Crippen LogP contribution in [0.1, 0.15) is 65.4 Å². The van der Waals surface area contributed by atoms with E-state index in [9.17, 15) is 34.2 Å². The Hall–Kier alpha value is -4.16. The molecule has 0 aliphatic carbocycles. The molecule has 1 aromatic carbocycles. The Kier molecular flexibility index (Phi) is 12.8. The van der Waals surface area contributed by atoms with E-state index < -0.39 is 47.9 Å². The van der Waals surface area contributed by atoms with Gasteiger partial charge in [0.2, 0.25) is 23.6 Å². The lowest BCUT2D eigenvalue weighted by Crippen LogP contribution is -2.57. The zero-order valence-corrected chi connectivity index (χ0v) is 24.5. The number of carboxylic acids is 2. The Morgan fingerprint density at radius 2 is 1.40 bits per heavy atom. The lowest BCUT2D eigenvalue weighted by molar-refractivity contribution is -0.146. The molecule has 0 aromatic heterocycles. The fourth-order valence-corrected chi connectivity index (χ4v) is 5.20. The number of phenols is 1. The fraction of sp³-hybridized carbons (Fsp3) is 0.586. The van der Waals surface area contributed by atoms with Crippen LogP contribution in [-0.4, -0.2) is 97.9 Å². The van der Waals surface area contributed by atoms with Crippen LogP contribution in [0.3, 0.4) is 0 Å². The summed E-state index contributed by atoms with van der Waals surface area (Å²) in [5, 5.41) is 31.9. The first kappa shape index (κ1) is 34.0. The molecular weight excluding hydrogens is 548 g/mol. The standard InChI is InChI=1S/C27H38N4O7.C2H4O2/c1-16(2)14-21(27(37)38)29-24(34)20(15-18-8-10-19(33)11-9-18)28-25(35)22-6-4-13-31(22)26(36)23-7-5-12-30(23)17(3)32;1-2(3)4/h8-11,16,20-23,33H,4-7,12-15H2,1-3H3,(H,28,35)(H,29,34)(H,37,38);1H3,(H,3,4)/t20-,21-,22-,23-;/m0./s1. The largest absolute Gasteiger partial charge is 0.508 e. The molecule has 42 heavy (non-hydrogen) atoms. The summed E-state index contributed by atoms with van der Waals surface area (Å²) in [5.74, 6) is -3.52. The second-order valence-electron chi connectivity index (χ2n) is 11.0. The molecule has 0 spiro atoms. The SMILES string of the molecule is CC(=O)N1CCC[C@H]1C(=O)N1CCC[C@H]1C(=O)N[C@@H](Cc1ccc(O)cc1)C(=O)N[C@@H](CC(C)C)C(=O)O.CC(=O)O. The van der Waals surface area contributed by atoms with Crippen LogP contribution in [0.4, 0.5) is 0 Å². The number of hydrogen-bond donors (Lipinski definition) is 5. The van der Waals surface area contributed by atoms with Crippen molar-refractivity contribution < 1.29 is 44.1 Å². The van der Waals surface area contributed by atoms with Gasteiger partial charge in [-0.25, -0.2) is 4.79 Å². The van der Waals surface area contributed by atoms with Gasteiger partial charge >= 0.3 is 5.97 Å². The molecule has 0 radical (unpaired) electrons. The number of carbonyl (C=O) groups excluding carboxylic acids is 4. The van der Waals surface area contributed by atoms with Gasteiger partial charge in [0.15, 0.2) is 0 Å². The van der Waals surface area contributed by atoms with Crippen LogP contribution < -0.4 is 10.6 Å². The average molecular weight is 591 g/mol. The lowest BCUT2D eigenvalue weighted by Gasteiger charge is -2.31. The highest BCUT2D eigenvalue weighted by Crippen LogP contribution is 2.25. The summed E-state index contributed by atoms with van der Waals surface area (Å²) in [7, 11) is 0. The molecule has 2 aliphatic heterocycles. The summed E-state index contributed by atoms with van der Waals surface area (Å²) < 4.78 is 0.